The first-order valence-electron chi connectivity index (χ1n) is 6.20. The quantitative estimate of drug-likeness (QED) is 0.894. The number of hydrogen-bond donors (Lipinski definition) is 1. The van der Waals surface area contributed by atoms with Crippen LogP contribution in [0.3, 0.4) is 0 Å². The first-order valence-corrected chi connectivity index (χ1v) is 6.99. The Labute approximate surface area is 112 Å². The normalized spacial score (nSPS) is 23.4. The molecule has 3 heteroatoms. The highest BCUT2D eigenvalue weighted by molar-refractivity contribution is 9.10. The van der Waals surface area contributed by atoms with Crippen molar-refractivity contribution in [1.29, 1.82) is 0 Å². The predicted octanol–water partition coefficient (Wildman–Crippen LogP) is 4.30. The second kappa shape index (κ2) is 5.30. The zero-order chi connectivity index (χ0) is 12.4. The van der Waals surface area contributed by atoms with Crippen LogP contribution < -0.4 is 10.1 Å². The van der Waals surface area contributed by atoms with Gasteiger partial charge in [0.2, 0.25) is 0 Å². The largest absolute Gasteiger partial charge is 0.497 e. The molecule has 0 heterocycles. The van der Waals surface area contributed by atoms with Gasteiger partial charge in [-0.3, -0.25) is 0 Å². The van der Waals surface area contributed by atoms with Crippen molar-refractivity contribution in [3.8, 4) is 5.75 Å². The molecule has 0 aromatic heterocycles. The van der Waals surface area contributed by atoms with E-state index in [-0.39, 0.29) is 0 Å². The van der Waals surface area contributed by atoms with Crippen LogP contribution in [0.25, 0.3) is 0 Å². The van der Waals surface area contributed by atoms with E-state index in [9.17, 15) is 0 Å². The van der Waals surface area contributed by atoms with Gasteiger partial charge in [0, 0.05) is 16.6 Å². The summed E-state index contributed by atoms with van der Waals surface area (Å²) in [5.41, 5.74) is 1.14. The number of benzene rings is 1. The SMILES string of the molecule is COc1ccc(Br)c(NC2CC(C(C)C)C2)c1. The minimum absolute atomic E-state index is 0.616. The number of rotatable bonds is 4. The Balaban J connectivity index is 1.96. The average Bonchev–Trinajstić information content (AvgIpc) is 2.24. The Kier molecular flexibility index (Phi) is 3.97. The van der Waals surface area contributed by atoms with Crippen molar-refractivity contribution < 1.29 is 4.74 Å². The van der Waals surface area contributed by atoms with Gasteiger partial charge in [0.15, 0.2) is 0 Å². The first kappa shape index (κ1) is 12.7. The van der Waals surface area contributed by atoms with Crippen LogP contribution in [-0.2, 0) is 0 Å². The van der Waals surface area contributed by atoms with Gasteiger partial charge in [-0.1, -0.05) is 13.8 Å². The van der Waals surface area contributed by atoms with Crippen LogP contribution in [0.5, 0.6) is 5.75 Å². The van der Waals surface area contributed by atoms with E-state index in [2.05, 4.69) is 35.1 Å². The second-order valence-electron chi connectivity index (χ2n) is 5.16. The summed E-state index contributed by atoms with van der Waals surface area (Å²) < 4.78 is 6.34. The Morgan fingerprint density at radius 3 is 2.65 bits per heavy atom. The number of nitrogens with one attached hydrogen (secondary N) is 1. The summed E-state index contributed by atoms with van der Waals surface area (Å²) in [6.45, 7) is 4.62. The summed E-state index contributed by atoms with van der Waals surface area (Å²) in [5, 5.41) is 3.58. The Morgan fingerprint density at radius 1 is 1.35 bits per heavy atom. The van der Waals surface area contributed by atoms with Gasteiger partial charge >= 0.3 is 0 Å². The summed E-state index contributed by atoms with van der Waals surface area (Å²) in [5.74, 6) is 2.59. The van der Waals surface area contributed by atoms with E-state index in [1.165, 1.54) is 12.8 Å². The molecular weight excluding hydrogens is 278 g/mol. The van der Waals surface area contributed by atoms with E-state index >= 15 is 0 Å². The number of hydrogen-bond acceptors (Lipinski definition) is 2. The van der Waals surface area contributed by atoms with E-state index < -0.39 is 0 Å². The predicted molar refractivity (Wildman–Crippen MR) is 75.7 cm³/mol. The Morgan fingerprint density at radius 2 is 2.06 bits per heavy atom. The fraction of sp³-hybridized carbons (Fsp3) is 0.571. The van der Waals surface area contributed by atoms with Crippen LogP contribution in [0.2, 0.25) is 0 Å². The second-order valence-corrected chi connectivity index (χ2v) is 6.02. The molecule has 1 aromatic carbocycles. The van der Waals surface area contributed by atoms with Crippen LogP contribution >= 0.6 is 15.9 Å². The third kappa shape index (κ3) is 2.95. The van der Waals surface area contributed by atoms with E-state index in [1.54, 1.807) is 7.11 Å². The molecule has 1 aliphatic carbocycles. The minimum atomic E-state index is 0.616. The number of anilines is 1. The van der Waals surface area contributed by atoms with Crippen molar-refractivity contribution >= 4 is 21.6 Å². The van der Waals surface area contributed by atoms with Gasteiger partial charge in [-0.2, -0.15) is 0 Å². The Bertz CT molecular complexity index is 386. The summed E-state index contributed by atoms with van der Waals surface area (Å²) in [4.78, 5) is 0. The lowest BCUT2D eigenvalue weighted by molar-refractivity contribution is 0.211. The molecule has 0 spiro atoms. The van der Waals surface area contributed by atoms with Gasteiger partial charge in [0.25, 0.3) is 0 Å². The summed E-state index contributed by atoms with van der Waals surface area (Å²) in [6, 6.07) is 6.66. The zero-order valence-electron chi connectivity index (χ0n) is 10.7. The highest BCUT2D eigenvalue weighted by atomic mass is 79.9. The molecule has 0 atom stereocenters. The fourth-order valence-corrected chi connectivity index (χ4v) is 2.65. The van der Waals surface area contributed by atoms with E-state index in [0.29, 0.717) is 6.04 Å². The first-order chi connectivity index (χ1) is 8.10. The fourth-order valence-electron chi connectivity index (χ4n) is 2.29. The van der Waals surface area contributed by atoms with Gasteiger partial charge in [-0.25, -0.2) is 0 Å². The molecule has 0 unspecified atom stereocenters. The maximum absolute atomic E-state index is 5.24. The lowest BCUT2D eigenvalue weighted by Crippen LogP contribution is -2.37. The molecule has 2 nitrogen and oxygen atoms in total. The number of ether oxygens (including phenoxy) is 1. The van der Waals surface area contributed by atoms with Gasteiger partial charge in [0.1, 0.15) is 5.75 Å². The summed E-state index contributed by atoms with van der Waals surface area (Å²) in [7, 11) is 1.70. The minimum Gasteiger partial charge on any atom is -0.497 e. The molecule has 1 N–H and O–H groups in total. The molecule has 0 aliphatic heterocycles. The van der Waals surface area contributed by atoms with Crippen molar-refractivity contribution in [2.24, 2.45) is 11.8 Å². The third-order valence-corrected chi connectivity index (χ3v) is 4.34. The van der Waals surface area contributed by atoms with Crippen LogP contribution in [0.1, 0.15) is 26.7 Å². The molecule has 0 bridgehead atoms. The zero-order valence-corrected chi connectivity index (χ0v) is 12.3. The molecule has 1 saturated carbocycles. The molecule has 1 aliphatic rings. The molecule has 2 rings (SSSR count). The summed E-state index contributed by atoms with van der Waals surface area (Å²) >= 11 is 3.57. The Hall–Kier alpha value is -0.700. The van der Waals surface area contributed by atoms with E-state index in [4.69, 9.17) is 4.74 Å². The van der Waals surface area contributed by atoms with Crippen LogP contribution in [-0.4, -0.2) is 13.2 Å². The molecule has 0 amide bonds. The lowest BCUT2D eigenvalue weighted by Gasteiger charge is -2.39. The maximum atomic E-state index is 5.24. The van der Waals surface area contributed by atoms with Crippen molar-refractivity contribution in [2.75, 3.05) is 12.4 Å². The third-order valence-electron chi connectivity index (χ3n) is 3.65. The van der Waals surface area contributed by atoms with E-state index in [1.807, 2.05) is 18.2 Å². The molecule has 1 aromatic rings. The molecule has 0 radical (unpaired) electrons. The molecule has 17 heavy (non-hydrogen) atoms. The topological polar surface area (TPSA) is 21.3 Å². The van der Waals surface area contributed by atoms with Crippen molar-refractivity contribution in [2.45, 2.75) is 32.7 Å². The summed E-state index contributed by atoms with van der Waals surface area (Å²) in [6.07, 6.45) is 2.56. The standard InChI is InChI=1S/C14H20BrNO/c1-9(2)10-6-11(7-10)16-14-8-12(17-3)4-5-13(14)15/h4-5,8-11,16H,6-7H2,1-3H3. The molecular formula is C14H20BrNO. The van der Waals surface area contributed by atoms with Crippen molar-refractivity contribution in [3.63, 3.8) is 0 Å². The maximum Gasteiger partial charge on any atom is 0.121 e. The molecule has 0 saturated heterocycles. The molecule has 1 fully saturated rings. The average molecular weight is 298 g/mol. The van der Waals surface area contributed by atoms with Crippen LogP contribution in [0, 0.1) is 11.8 Å². The number of methoxy groups -OCH3 is 1. The smallest absolute Gasteiger partial charge is 0.121 e. The van der Waals surface area contributed by atoms with E-state index in [0.717, 1.165) is 27.7 Å². The lowest BCUT2D eigenvalue weighted by atomic mass is 9.73. The highest BCUT2D eigenvalue weighted by Crippen LogP contribution is 2.37. The van der Waals surface area contributed by atoms with Crippen LogP contribution in [0.4, 0.5) is 5.69 Å². The van der Waals surface area contributed by atoms with Gasteiger partial charge in [-0.05, 0) is 52.7 Å². The number of halogens is 1. The van der Waals surface area contributed by atoms with Gasteiger partial charge in [0.05, 0.1) is 12.8 Å². The van der Waals surface area contributed by atoms with Gasteiger partial charge < -0.3 is 10.1 Å². The van der Waals surface area contributed by atoms with Gasteiger partial charge in [-0.15, -0.1) is 0 Å². The van der Waals surface area contributed by atoms with Crippen LogP contribution in [0.15, 0.2) is 22.7 Å². The molecule has 94 valence electrons. The van der Waals surface area contributed by atoms with Crippen molar-refractivity contribution in [3.05, 3.63) is 22.7 Å². The highest BCUT2D eigenvalue weighted by Gasteiger charge is 2.31. The van der Waals surface area contributed by atoms with Crippen molar-refractivity contribution in [1.82, 2.24) is 0 Å². The monoisotopic (exact) mass is 297 g/mol.